The molecule has 0 radical (unpaired) electrons. The molecule has 0 aliphatic heterocycles. The summed E-state index contributed by atoms with van der Waals surface area (Å²) in [4.78, 5) is 4.20. The summed E-state index contributed by atoms with van der Waals surface area (Å²) in [6, 6.07) is 8.69. The molecule has 0 aliphatic rings. The molecule has 1 aromatic carbocycles. The van der Waals surface area contributed by atoms with Gasteiger partial charge in [-0.1, -0.05) is 23.2 Å². The van der Waals surface area contributed by atoms with Gasteiger partial charge in [0.25, 0.3) is 0 Å². The highest BCUT2D eigenvalue weighted by Gasteiger charge is 2.04. The van der Waals surface area contributed by atoms with Gasteiger partial charge in [0.05, 0.1) is 22.8 Å². The first kappa shape index (κ1) is 12.8. The van der Waals surface area contributed by atoms with Gasteiger partial charge in [0, 0.05) is 5.69 Å². The summed E-state index contributed by atoms with van der Waals surface area (Å²) in [5.41, 5.74) is 6.95. The van der Waals surface area contributed by atoms with Crippen LogP contribution in [0.25, 0.3) is 0 Å². The molecular formula is C12H11Cl2N3O. The number of nitrogen functional groups attached to an aromatic ring is 1. The molecule has 0 amide bonds. The van der Waals surface area contributed by atoms with Crippen LogP contribution >= 0.6 is 23.2 Å². The maximum absolute atomic E-state index is 5.93. The van der Waals surface area contributed by atoms with Crippen molar-refractivity contribution in [2.45, 2.75) is 0 Å². The average Bonchev–Trinajstić information content (AvgIpc) is 2.36. The van der Waals surface area contributed by atoms with Crippen LogP contribution in [0.15, 0.2) is 30.3 Å². The van der Waals surface area contributed by atoms with E-state index in [0.29, 0.717) is 27.4 Å². The predicted molar refractivity (Wildman–Crippen MR) is 74.9 cm³/mol. The van der Waals surface area contributed by atoms with Crippen LogP contribution in [-0.2, 0) is 0 Å². The molecule has 1 heterocycles. The maximum Gasteiger partial charge on any atom is 0.238 e. The van der Waals surface area contributed by atoms with Crippen molar-refractivity contribution in [3.63, 3.8) is 0 Å². The number of nitrogens with two attached hydrogens (primary N) is 1. The van der Waals surface area contributed by atoms with E-state index in [0.717, 1.165) is 5.69 Å². The lowest BCUT2D eigenvalue weighted by atomic mass is 10.3. The van der Waals surface area contributed by atoms with Crippen molar-refractivity contribution in [3.8, 4) is 5.88 Å². The largest absolute Gasteiger partial charge is 0.479 e. The Balaban J connectivity index is 2.25. The Morgan fingerprint density at radius 3 is 2.61 bits per heavy atom. The van der Waals surface area contributed by atoms with Crippen molar-refractivity contribution in [1.29, 1.82) is 0 Å². The Labute approximate surface area is 115 Å². The molecule has 1 aromatic heterocycles. The van der Waals surface area contributed by atoms with E-state index in [1.54, 1.807) is 30.3 Å². The SMILES string of the molecule is COc1nc(Nc2ccc(Cl)c(Cl)c2)ccc1N. The average molecular weight is 284 g/mol. The van der Waals surface area contributed by atoms with Crippen LogP contribution in [0.4, 0.5) is 17.2 Å². The first-order chi connectivity index (χ1) is 8.60. The molecule has 0 fully saturated rings. The minimum Gasteiger partial charge on any atom is -0.479 e. The molecule has 0 saturated heterocycles. The van der Waals surface area contributed by atoms with Crippen molar-refractivity contribution < 1.29 is 4.74 Å². The lowest BCUT2D eigenvalue weighted by molar-refractivity contribution is 0.401. The molecule has 0 unspecified atom stereocenters. The van der Waals surface area contributed by atoms with Crippen LogP contribution in [0.3, 0.4) is 0 Å². The first-order valence-corrected chi connectivity index (χ1v) is 5.88. The summed E-state index contributed by atoms with van der Waals surface area (Å²) >= 11 is 11.8. The van der Waals surface area contributed by atoms with Crippen molar-refractivity contribution in [2.24, 2.45) is 0 Å². The number of benzene rings is 1. The number of pyridine rings is 1. The molecule has 2 aromatic rings. The van der Waals surface area contributed by atoms with E-state index in [1.165, 1.54) is 7.11 Å². The van der Waals surface area contributed by atoms with Crippen LogP contribution in [-0.4, -0.2) is 12.1 Å². The molecular weight excluding hydrogens is 273 g/mol. The van der Waals surface area contributed by atoms with E-state index < -0.39 is 0 Å². The van der Waals surface area contributed by atoms with E-state index in [9.17, 15) is 0 Å². The fraction of sp³-hybridized carbons (Fsp3) is 0.0833. The Morgan fingerprint density at radius 1 is 1.17 bits per heavy atom. The van der Waals surface area contributed by atoms with Gasteiger partial charge in [-0.05, 0) is 30.3 Å². The molecule has 0 saturated carbocycles. The molecule has 18 heavy (non-hydrogen) atoms. The topological polar surface area (TPSA) is 60.2 Å². The molecule has 0 bridgehead atoms. The first-order valence-electron chi connectivity index (χ1n) is 5.12. The van der Waals surface area contributed by atoms with E-state index in [2.05, 4.69) is 10.3 Å². The van der Waals surface area contributed by atoms with E-state index in [4.69, 9.17) is 33.7 Å². The quantitative estimate of drug-likeness (QED) is 0.901. The Hall–Kier alpha value is -1.65. The highest BCUT2D eigenvalue weighted by molar-refractivity contribution is 6.42. The maximum atomic E-state index is 5.93. The zero-order chi connectivity index (χ0) is 13.1. The third-order valence-corrected chi connectivity index (χ3v) is 3.01. The molecule has 2 rings (SSSR count). The lowest BCUT2D eigenvalue weighted by Crippen LogP contribution is -1.99. The summed E-state index contributed by atoms with van der Waals surface area (Å²) in [5.74, 6) is 0.986. The molecule has 0 aliphatic carbocycles. The van der Waals surface area contributed by atoms with Crippen LogP contribution in [0.1, 0.15) is 0 Å². The van der Waals surface area contributed by atoms with Crippen LogP contribution in [0.5, 0.6) is 5.88 Å². The Bertz CT molecular complexity index is 575. The standard InChI is InChI=1S/C12H11Cl2N3O/c1-18-12-10(15)4-5-11(17-12)16-7-2-3-8(13)9(14)6-7/h2-6H,15H2,1H3,(H,16,17). The van der Waals surface area contributed by atoms with Crippen molar-refractivity contribution in [2.75, 3.05) is 18.2 Å². The highest BCUT2D eigenvalue weighted by Crippen LogP contribution is 2.27. The zero-order valence-corrected chi connectivity index (χ0v) is 11.1. The molecule has 4 nitrogen and oxygen atoms in total. The van der Waals surface area contributed by atoms with Crippen molar-refractivity contribution in [1.82, 2.24) is 4.98 Å². The normalized spacial score (nSPS) is 10.2. The summed E-state index contributed by atoms with van der Waals surface area (Å²) in [6.07, 6.45) is 0. The molecule has 0 spiro atoms. The number of nitrogens with zero attached hydrogens (tertiary/aromatic N) is 1. The van der Waals surface area contributed by atoms with Gasteiger partial charge >= 0.3 is 0 Å². The van der Waals surface area contributed by atoms with Gasteiger partial charge in [-0.25, -0.2) is 0 Å². The Morgan fingerprint density at radius 2 is 1.94 bits per heavy atom. The second-order valence-corrected chi connectivity index (χ2v) is 4.36. The Kier molecular flexibility index (Phi) is 3.79. The third-order valence-electron chi connectivity index (χ3n) is 2.28. The summed E-state index contributed by atoms with van der Waals surface area (Å²) in [7, 11) is 1.52. The van der Waals surface area contributed by atoms with E-state index in [-0.39, 0.29) is 0 Å². The molecule has 6 heteroatoms. The smallest absolute Gasteiger partial charge is 0.238 e. The monoisotopic (exact) mass is 283 g/mol. The van der Waals surface area contributed by atoms with Gasteiger partial charge in [-0.3, -0.25) is 0 Å². The summed E-state index contributed by atoms with van der Waals surface area (Å²) in [5, 5.41) is 4.06. The van der Waals surface area contributed by atoms with E-state index >= 15 is 0 Å². The number of anilines is 3. The minimum atomic E-state index is 0.375. The fourth-order valence-corrected chi connectivity index (χ4v) is 1.70. The predicted octanol–water partition coefficient (Wildman–Crippen LogP) is 3.72. The second-order valence-electron chi connectivity index (χ2n) is 3.55. The molecule has 3 N–H and O–H groups in total. The van der Waals surface area contributed by atoms with Gasteiger partial charge in [-0.2, -0.15) is 4.98 Å². The van der Waals surface area contributed by atoms with Crippen LogP contribution in [0, 0.1) is 0 Å². The zero-order valence-electron chi connectivity index (χ0n) is 9.58. The van der Waals surface area contributed by atoms with Gasteiger partial charge in [0.2, 0.25) is 5.88 Å². The number of aromatic nitrogens is 1. The number of rotatable bonds is 3. The van der Waals surface area contributed by atoms with Gasteiger partial charge < -0.3 is 15.8 Å². The number of hydrogen-bond donors (Lipinski definition) is 2. The molecule has 0 atom stereocenters. The van der Waals surface area contributed by atoms with E-state index in [1.807, 2.05) is 0 Å². The van der Waals surface area contributed by atoms with Crippen LogP contribution < -0.4 is 15.8 Å². The lowest BCUT2D eigenvalue weighted by Gasteiger charge is -2.09. The van der Waals surface area contributed by atoms with Crippen molar-refractivity contribution >= 4 is 40.4 Å². The molecule has 94 valence electrons. The number of nitrogens with one attached hydrogen (secondary N) is 1. The summed E-state index contributed by atoms with van der Waals surface area (Å²) in [6.45, 7) is 0. The third kappa shape index (κ3) is 2.78. The minimum absolute atomic E-state index is 0.375. The van der Waals surface area contributed by atoms with Gasteiger partial charge in [0.15, 0.2) is 0 Å². The number of methoxy groups -OCH3 is 1. The van der Waals surface area contributed by atoms with Gasteiger partial charge in [-0.15, -0.1) is 0 Å². The number of ether oxygens (including phenoxy) is 1. The number of halogens is 2. The second kappa shape index (κ2) is 5.33. The van der Waals surface area contributed by atoms with Crippen molar-refractivity contribution in [3.05, 3.63) is 40.4 Å². The highest BCUT2D eigenvalue weighted by atomic mass is 35.5. The fourth-order valence-electron chi connectivity index (χ4n) is 1.41. The summed E-state index contributed by atoms with van der Waals surface area (Å²) < 4.78 is 5.04. The van der Waals surface area contributed by atoms with Crippen LogP contribution in [0.2, 0.25) is 10.0 Å². The van der Waals surface area contributed by atoms with Gasteiger partial charge in [0.1, 0.15) is 5.82 Å². The number of hydrogen-bond acceptors (Lipinski definition) is 4.